The number of hydrogen-bond acceptors (Lipinski definition) is 4. The molecule has 222 valence electrons. The molecule has 0 aromatic rings. The molecule has 0 radical (unpaired) electrons. The monoisotopic (exact) mass is 556 g/mol. The highest BCUT2D eigenvalue weighted by Gasteiger charge is 2.01. The van der Waals surface area contributed by atoms with Crippen molar-refractivity contribution in [3.8, 4) is 0 Å². The van der Waals surface area contributed by atoms with Gasteiger partial charge < -0.3 is 9.80 Å². The summed E-state index contributed by atoms with van der Waals surface area (Å²) in [5.41, 5.74) is 0. The number of unbranched alkanes of at least 4 members (excludes halogenated alkanes) is 18. The van der Waals surface area contributed by atoms with E-state index in [1.165, 1.54) is 173 Å². The van der Waals surface area contributed by atoms with E-state index in [4.69, 9.17) is 0 Å². The first kappa shape index (κ1) is 37.4. The van der Waals surface area contributed by atoms with E-state index in [2.05, 4.69) is 71.5 Å². The van der Waals surface area contributed by atoms with Gasteiger partial charge in [-0.15, -0.1) is 0 Å². The van der Waals surface area contributed by atoms with E-state index in [0.717, 1.165) is 0 Å². The molecule has 0 unspecified atom stereocenters. The number of rotatable bonds is 31. The third-order valence-corrected chi connectivity index (χ3v) is 9.76. The smallest absolute Gasteiger partial charge is 0.0165 e. The van der Waals surface area contributed by atoms with E-state index in [9.17, 15) is 0 Å². The van der Waals surface area contributed by atoms with E-state index in [0.29, 0.717) is 0 Å². The minimum Gasteiger partial charge on any atom is -0.306 e. The Hall–Kier alpha value is 0.360. The maximum Gasteiger partial charge on any atom is 0.0165 e. The van der Waals surface area contributed by atoms with Crippen LogP contribution in [-0.4, -0.2) is 61.6 Å². The SMILES string of the molecule is CCCCCCCC/C=C\CCCCCCCCN(C)CCSSCCN(C)CCCCCCCCC. The summed E-state index contributed by atoms with van der Waals surface area (Å²) in [4.78, 5) is 5.06. The number of allylic oxidation sites excluding steroid dienone is 2. The fraction of sp³-hybridized carbons (Fsp3) is 0.939. The van der Waals surface area contributed by atoms with Gasteiger partial charge in [0, 0.05) is 24.6 Å². The van der Waals surface area contributed by atoms with E-state index < -0.39 is 0 Å². The predicted octanol–water partition coefficient (Wildman–Crippen LogP) is 11.0. The molecular formula is C33H68N2S2. The quantitative estimate of drug-likeness (QED) is 0.0475. The van der Waals surface area contributed by atoms with Crippen LogP contribution in [0.5, 0.6) is 0 Å². The summed E-state index contributed by atoms with van der Waals surface area (Å²) in [6, 6.07) is 0. The lowest BCUT2D eigenvalue weighted by atomic mass is 10.1. The molecule has 0 aliphatic rings. The molecule has 0 saturated carbocycles. The Labute approximate surface area is 243 Å². The molecule has 0 fully saturated rings. The van der Waals surface area contributed by atoms with Crippen LogP contribution < -0.4 is 0 Å². The van der Waals surface area contributed by atoms with Gasteiger partial charge in [-0.1, -0.05) is 144 Å². The average Bonchev–Trinajstić information content (AvgIpc) is 2.89. The van der Waals surface area contributed by atoms with E-state index in [1.807, 2.05) is 0 Å². The van der Waals surface area contributed by atoms with Gasteiger partial charge in [0.25, 0.3) is 0 Å². The van der Waals surface area contributed by atoms with Crippen LogP contribution in [0.1, 0.15) is 149 Å². The Morgan fingerprint density at radius 3 is 1.11 bits per heavy atom. The Bertz CT molecular complexity index is 444. The van der Waals surface area contributed by atoms with E-state index >= 15 is 0 Å². The topological polar surface area (TPSA) is 6.48 Å². The maximum atomic E-state index is 2.54. The average molecular weight is 557 g/mol. The number of nitrogens with zero attached hydrogens (tertiary/aromatic N) is 2. The molecule has 0 heterocycles. The zero-order valence-electron chi connectivity index (χ0n) is 26.0. The van der Waals surface area contributed by atoms with Crippen LogP contribution in [0.3, 0.4) is 0 Å². The van der Waals surface area contributed by atoms with Gasteiger partial charge in [0.1, 0.15) is 0 Å². The van der Waals surface area contributed by atoms with Crippen LogP contribution in [-0.2, 0) is 0 Å². The summed E-state index contributed by atoms with van der Waals surface area (Å²) in [5.74, 6) is 2.52. The summed E-state index contributed by atoms with van der Waals surface area (Å²) in [7, 11) is 8.74. The molecule has 0 spiro atoms. The van der Waals surface area contributed by atoms with Crippen molar-refractivity contribution in [1.82, 2.24) is 9.80 Å². The van der Waals surface area contributed by atoms with Crippen LogP contribution in [0.25, 0.3) is 0 Å². The van der Waals surface area contributed by atoms with Gasteiger partial charge in [-0.05, 0) is 65.7 Å². The van der Waals surface area contributed by atoms with Gasteiger partial charge >= 0.3 is 0 Å². The predicted molar refractivity (Wildman–Crippen MR) is 177 cm³/mol. The molecule has 0 amide bonds. The molecule has 0 aromatic heterocycles. The van der Waals surface area contributed by atoms with Crippen molar-refractivity contribution in [1.29, 1.82) is 0 Å². The van der Waals surface area contributed by atoms with E-state index in [1.54, 1.807) is 0 Å². The van der Waals surface area contributed by atoms with Crippen LogP contribution in [0.15, 0.2) is 12.2 Å². The third kappa shape index (κ3) is 32.5. The molecular weight excluding hydrogens is 489 g/mol. The van der Waals surface area contributed by atoms with Crippen molar-refractivity contribution in [2.24, 2.45) is 0 Å². The molecule has 0 atom stereocenters. The fourth-order valence-corrected chi connectivity index (χ4v) is 6.86. The van der Waals surface area contributed by atoms with Crippen molar-refractivity contribution in [2.45, 2.75) is 149 Å². The van der Waals surface area contributed by atoms with Gasteiger partial charge in [-0.25, -0.2) is 0 Å². The van der Waals surface area contributed by atoms with Crippen LogP contribution in [0.2, 0.25) is 0 Å². The van der Waals surface area contributed by atoms with Gasteiger partial charge in [0.2, 0.25) is 0 Å². The summed E-state index contributed by atoms with van der Waals surface area (Å²) >= 11 is 0. The highest BCUT2D eigenvalue weighted by atomic mass is 33.1. The Balaban J connectivity index is 3.28. The first-order chi connectivity index (χ1) is 18.2. The Morgan fingerprint density at radius 2 is 0.730 bits per heavy atom. The van der Waals surface area contributed by atoms with Crippen molar-refractivity contribution in [3.05, 3.63) is 12.2 Å². The standard InChI is InChI=1S/C33H68N2S2/c1-5-7-9-11-13-14-15-16-17-18-19-20-21-23-25-27-29-35(4)31-33-37-36-32-30-34(3)28-26-24-22-12-10-8-6-2/h16-17H,5-15,18-33H2,1-4H3/b17-16-. The zero-order valence-corrected chi connectivity index (χ0v) is 27.6. The largest absolute Gasteiger partial charge is 0.306 e. The molecule has 0 bridgehead atoms. The zero-order chi connectivity index (χ0) is 27.1. The number of hydrogen-bond donors (Lipinski definition) is 0. The highest BCUT2D eigenvalue weighted by molar-refractivity contribution is 8.76. The van der Waals surface area contributed by atoms with Crippen molar-refractivity contribution < 1.29 is 0 Å². The second-order valence-corrected chi connectivity index (χ2v) is 14.0. The summed E-state index contributed by atoms with van der Waals surface area (Å²) in [6.07, 6.45) is 34.2. The molecule has 0 aromatic carbocycles. The first-order valence-electron chi connectivity index (χ1n) is 16.5. The normalized spacial score (nSPS) is 12.1. The second-order valence-electron chi connectivity index (χ2n) is 11.3. The van der Waals surface area contributed by atoms with Gasteiger partial charge in [0.05, 0.1) is 0 Å². The molecule has 0 saturated heterocycles. The van der Waals surface area contributed by atoms with Gasteiger partial charge in [-0.3, -0.25) is 0 Å². The molecule has 0 aliphatic carbocycles. The summed E-state index contributed by atoms with van der Waals surface area (Å²) in [6.45, 7) is 9.60. The van der Waals surface area contributed by atoms with Crippen molar-refractivity contribution in [3.63, 3.8) is 0 Å². The van der Waals surface area contributed by atoms with Gasteiger partial charge in [-0.2, -0.15) is 0 Å². The third-order valence-electron chi connectivity index (χ3n) is 7.39. The molecule has 4 heteroatoms. The first-order valence-corrected chi connectivity index (χ1v) is 19.0. The Morgan fingerprint density at radius 1 is 0.405 bits per heavy atom. The summed E-state index contributed by atoms with van der Waals surface area (Å²) < 4.78 is 0. The molecule has 37 heavy (non-hydrogen) atoms. The lowest BCUT2D eigenvalue weighted by molar-refractivity contribution is 0.343. The van der Waals surface area contributed by atoms with Crippen LogP contribution in [0.4, 0.5) is 0 Å². The van der Waals surface area contributed by atoms with Crippen molar-refractivity contribution in [2.75, 3.05) is 51.8 Å². The van der Waals surface area contributed by atoms with Gasteiger partial charge in [0.15, 0.2) is 0 Å². The fourth-order valence-electron chi connectivity index (χ4n) is 4.70. The highest BCUT2D eigenvalue weighted by Crippen LogP contribution is 2.21. The Kier molecular flexibility index (Phi) is 32.9. The molecule has 0 N–H and O–H groups in total. The van der Waals surface area contributed by atoms with Crippen LogP contribution in [0, 0.1) is 0 Å². The maximum absolute atomic E-state index is 2.54. The summed E-state index contributed by atoms with van der Waals surface area (Å²) in [5, 5.41) is 0. The molecule has 0 aliphatic heterocycles. The van der Waals surface area contributed by atoms with Crippen LogP contribution >= 0.6 is 21.6 Å². The lowest BCUT2D eigenvalue weighted by Crippen LogP contribution is -2.23. The molecule has 0 rings (SSSR count). The van der Waals surface area contributed by atoms with E-state index in [-0.39, 0.29) is 0 Å². The lowest BCUT2D eigenvalue weighted by Gasteiger charge is -2.17. The minimum absolute atomic E-state index is 1.23. The van der Waals surface area contributed by atoms with Crippen molar-refractivity contribution >= 4 is 21.6 Å². The minimum atomic E-state index is 1.23. The molecule has 2 nitrogen and oxygen atoms in total. The second kappa shape index (κ2) is 32.6.